The van der Waals surface area contributed by atoms with Crippen molar-refractivity contribution in [2.45, 2.75) is 51.2 Å². The van der Waals surface area contributed by atoms with E-state index in [0.717, 1.165) is 18.5 Å². The molecule has 2 saturated carbocycles. The summed E-state index contributed by atoms with van der Waals surface area (Å²) in [6.07, 6.45) is 5.49. The molecule has 0 heterocycles. The van der Waals surface area contributed by atoms with Crippen molar-refractivity contribution < 1.29 is 0 Å². The van der Waals surface area contributed by atoms with Crippen LogP contribution >= 0.6 is 15.9 Å². The Bertz CT molecular complexity index is 452. The van der Waals surface area contributed by atoms with E-state index >= 15 is 0 Å². The van der Waals surface area contributed by atoms with E-state index in [9.17, 15) is 0 Å². The summed E-state index contributed by atoms with van der Waals surface area (Å²) in [5.41, 5.74) is 2.80. The van der Waals surface area contributed by atoms with Gasteiger partial charge in [-0.25, -0.2) is 0 Å². The van der Waals surface area contributed by atoms with Gasteiger partial charge in [0.25, 0.3) is 0 Å². The summed E-state index contributed by atoms with van der Waals surface area (Å²) in [5, 5.41) is 3.63. The summed E-state index contributed by atoms with van der Waals surface area (Å²) in [6.45, 7) is 3.35. The van der Waals surface area contributed by atoms with Crippen LogP contribution in [-0.2, 0) is 6.54 Å². The van der Waals surface area contributed by atoms with Crippen molar-refractivity contribution in [3.8, 4) is 0 Å². The molecular formula is C16H23BrN2. The van der Waals surface area contributed by atoms with Crippen molar-refractivity contribution in [1.82, 2.24) is 5.32 Å². The third-order valence-electron chi connectivity index (χ3n) is 4.50. The van der Waals surface area contributed by atoms with Gasteiger partial charge in [-0.1, -0.05) is 15.9 Å². The fraction of sp³-hybridized carbons (Fsp3) is 0.625. The molecule has 104 valence electrons. The Labute approximate surface area is 124 Å². The Morgan fingerprint density at radius 2 is 2.05 bits per heavy atom. The van der Waals surface area contributed by atoms with Gasteiger partial charge in [-0.15, -0.1) is 0 Å². The van der Waals surface area contributed by atoms with Gasteiger partial charge in [0.1, 0.15) is 0 Å². The summed E-state index contributed by atoms with van der Waals surface area (Å²) in [7, 11) is 2.24. The third-order valence-corrected chi connectivity index (χ3v) is 4.99. The van der Waals surface area contributed by atoms with E-state index in [2.05, 4.69) is 58.3 Å². The Balaban J connectivity index is 1.76. The molecule has 1 aromatic carbocycles. The van der Waals surface area contributed by atoms with Crippen molar-refractivity contribution in [3.05, 3.63) is 28.2 Å². The molecular weight excluding hydrogens is 300 g/mol. The molecule has 3 rings (SSSR count). The lowest BCUT2D eigenvalue weighted by Gasteiger charge is -2.29. The first-order valence-corrected chi connectivity index (χ1v) is 8.19. The monoisotopic (exact) mass is 322 g/mol. The number of hydrogen-bond donors (Lipinski definition) is 1. The minimum atomic E-state index is 0.654. The van der Waals surface area contributed by atoms with Gasteiger partial charge < -0.3 is 10.2 Å². The number of nitrogens with zero attached hydrogens (tertiary/aromatic N) is 1. The van der Waals surface area contributed by atoms with E-state index in [-0.39, 0.29) is 0 Å². The second-order valence-corrected chi connectivity index (χ2v) is 7.03. The van der Waals surface area contributed by atoms with E-state index in [1.165, 1.54) is 41.4 Å². The lowest BCUT2D eigenvalue weighted by molar-refractivity contribution is 0.603. The van der Waals surface area contributed by atoms with Crippen LogP contribution in [0.1, 0.15) is 38.2 Å². The molecule has 2 aliphatic carbocycles. The van der Waals surface area contributed by atoms with Crippen molar-refractivity contribution >= 4 is 21.6 Å². The molecule has 2 nitrogen and oxygen atoms in total. The van der Waals surface area contributed by atoms with Gasteiger partial charge in [0.2, 0.25) is 0 Å². The smallest absolute Gasteiger partial charge is 0.0412 e. The highest BCUT2D eigenvalue weighted by molar-refractivity contribution is 9.10. The van der Waals surface area contributed by atoms with Crippen LogP contribution in [0.25, 0.3) is 0 Å². The van der Waals surface area contributed by atoms with E-state index < -0.39 is 0 Å². The number of benzene rings is 1. The summed E-state index contributed by atoms with van der Waals surface area (Å²) in [5.74, 6) is 0.901. The molecule has 0 radical (unpaired) electrons. The molecule has 3 heteroatoms. The van der Waals surface area contributed by atoms with Gasteiger partial charge in [-0.3, -0.25) is 0 Å². The maximum absolute atomic E-state index is 3.63. The SMILES string of the molecule is CC(C1CC1)N(C)c1ccc(Br)cc1CNC1CC1. The second kappa shape index (κ2) is 5.45. The van der Waals surface area contributed by atoms with Gasteiger partial charge >= 0.3 is 0 Å². The van der Waals surface area contributed by atoms with Crippen LogP contribution in [0.15, 0.2) is 22.7 Å². The number of rotatable bonds is 6. The minimum absolute atomic E-state index is 0.654. The standard InChI is InChI=1S/C16H23BrN2/c1-11(12-3-4-12)19(2)16-8-5-14(17)9-13(16)10-18-15-6-7-15/h5,8-9,11-12,15,18H,3-4,6-7,10H2,1-2H3. The van der Waals surface area contributed by atoms with Gasteiger partial charge in [0.05, 0.1) is 0 Å². The van der Waals surface area contributed by atoms with Gasteiger partial charge in [-0.2, -0.15) is 0 Å². The van der Waals surface area contributed by atoms with Crippen molar-refractivity contribution in [2.75, 3.05) is 11.9 Å². The van der Waals surface area contributed by atoms with Crippen LogP contribution in [0.2, 0.25) is 0 Å². The van der Waals surface area contributed by atoms with Crippen LogP contribution in [0.4, 0.5) is 5.69 Å². The van der Waals surface area contributed by atoms with E-state index in [1.54, 1.807) is 0 Å². The first kappa shape index (κ1) is 13.4. The Kier molecular flexibility index (Phi) is 3.86. The number of anilines is 1. The lowest BCUT2D eigenvalue weighted by Crippen LogP contribution is -2.32. The van der Waals surface area contributed by atoms with Gasteiger partial charge in [0.15, 0.2) is 0 Å². The van der Waals surface area contributed by atoms with E-state index in [4.69, 9.17) is 0 Å². The van der Waals surface area contributed by atoms with E-state index in [0.29, 0.717) is 6.04 Å². The minimum Gasteiger partial charge on any atom is -0.371 e. The zero-order valence-electron chi connectivity index (χ0n) is 11.8. The molecule has 19 heavy (non-hydrogen) atoms. The van der Waals surface area contributed by atoms with Crippen LogP contribution in [0.5, 0.6) is 0 Å². The summed E-state index contributed by atoms with van der Waals surface area (Å²) in [6, 6.07) is 8.10. The number of hydrogen-bond acceptors (Lipinski definition) is 2. The molecule has 2 aliphatic rings. The molecule has 1 N–H and O–H groups in total. The fourth-order valence-electron chi connectivity index (χ4n) is 2.70. The third kappa shape index (κ3) is 3.32. The maximum Gasteiger partial charge on any atom is 0.0412 e. The molecule has 0 aromatic heterocycles. The van der Waals surface area contributed by atoms with Gasteiger partial charge in [-0.05, 0) is 62.3 Å². The molecule has 0 amide bonds. The topological polar surface area (TPSA) is 15.3 Å². The van der Waals surface area contributed by atoms with Crippen molar-refractivity contribution in [2.24, 2.45) is 5.92 Å². The predicted octanol–water partition coefficient (Wildman–Crippen LogP) is 3.94. The first-order chi connectivity index (χ1) is 9.15. The quantitative estimate of drug-likeness (QED) is 0.853. The summed E-state index contributed by atoms with van der Waals surface area (Å²) in [4.78, 5) is 2.47. The molecule has 1 aromatic rings. The number of halogens is 1. The largest absolute Gasteiger partial charge is 0.371 e. The molecule has 0 bridgehead atoms. The molecule has 0 spiro atoms. The first-order valence-electron chi connectivity index (χ1n) is 7.40. The Morgan fingerprint density at radius 3 is 2.68 bits per heavy atom. The average Bonchev–Trinajstić information content (AvgIpc) is 3.28. The predicted molar refractivity (Wildman–Crippen MR) is 84.6 cm³/mol. The zero-order chi connectivity index (χ0) is 13.4. The van der Waals surface area contributed by atoms with Crippen molar-refractivity contribution in [3.63, 3.8) is 0 Å². The lowest BCUT2D eigenvalue weighted by atomic mass is 10.1. The molecule has 2 fully saturated rings. The highest BCUT2D eigenvalue weighted by Gasteiger charge is 2.31. The van der Waals surface area contributed by atoms with Crippen molar-refractivity contribution in [1.29, 1.82) is 0 Å². The van der Waals surface area contributed by atoms with E-state index in [1.807, 2.05) is 0 Å². The summed E-state index contributed by atoms with van der Waals surface area (Å²) >= 11 is 3.60. The van der Waals surface area contributed by atoms with Crippen LogP contribution in [0, 0.1) is 5.92 Å². The Hall–Kier alpha value is -0.540. The second-order valence-electron chi connectivity index (χ2n) is 6.12. The average molecular weight is 323 g/mol. The Morgan fingerprint density at radius 1 is 1.32 bits per heavy atom. The fourth-order valence-corrected chi connectivity index (χ4v) is 3.10. The molecule has 1 unspecified atom stereocenters. The van der Waals surface area contributed by atoms with Crippen LogP contribution in [0.3, 0.4) is 0 Å². The van der Waals surface area contributed by atoms with Crippen LogP contribution < -0.4 is 10.2 Å². The highest BCUT2D eigenvalue weighted by Crippen LogP contribution is 2.37. The number of nitrogens with one attached hydrogen (secondary N) is 1. The molecule has 0 saturated heterocycles. The molecule has 1 atom stereocenters. The highest BCUT2D eigenvalue weighted by atomic mass is 79.9. The molecule has 0 aliphatic heterocycles. The van der Waals surface area contributed by atoms with Crippen LogP contribution in [-0.4, -0.2) is 19.1 Å². The maximum atomic E-state index is 3.63. The zero-order valence-corrected chi connectivity index (χ0v) is 13.4. The van der Waals surface area contributed by atoms with Gasteiger partial charge in [0, 0.05) is 35.8 Å². The summed E-state index contributed by atoms with van der Waals surface area (Å²) < 4.78 is 1.18. The normalized spacial score (nSPS) is 20.4.